The van der Waals surface area contributed by atoms with E-state index < -0.39 is 97.5 Å². The zero-order valence-electron chi connectivity index (χ0n) is 61.1. The third-order valence-corrected chi connectivity index (χ3v) is 18.5. The average Bonchev–Trinajstić information content (AvgIpc) is 1.09. The first-order valence-electron chi connectivity index (χ1n) is 38.5. The van der Waals surface area contributed by atoms with Crippen LogP contribution < -0.4 is 0 Å². The van der Waals surface area contributed by atoms with E-state index in [4.69, 9.17) is 37.0 Å². The van der Waals surface area contributed by atoms with Crippen LogP contribution >= 0.6 is 15.6 Å². The number of carbonyl (C=O) groups excluding carboxylic acids is 4. The minimum atomic E-state index is -4.98. The van der Waals surface area contributed by atoms with E-state index in [0.717, 1.165) is 96.3 Å². The maximum atomic E-state index is 13.1. The Balaban J connectivity index is 5.34. The quantitative estimate of drug-likeness (QED) is 0.0169. The lowest BCUT2D eigenvalue weighted by Gasteiger charge is -2.21. The highest BCUT2D eigenvalue weighted by atomic mass is 31.2. The van der Waals surface area contributed by atoms with Crippen molar-refractivity contribution < 1.29 is 80.2 Å². The number of allylic oxidation sites excluding steroid dienone is 9. The first-order valence-corrected chi connectivity index (χ1v) is 41.5. The third-order valence-electron chi connectivity index (χ3n) is 16.6. The van der Waals surface area contributed by atoms with E-state index in [1.807, 2.05) is 18.2 Å². The number of unbranched alkanes of at least 4 members (excludes halogenated alkanes) is 38. The van der Waals surface area contributed by atoms with E-state index in [2.05, 4.69) is 64.2 Å². The standard InChI is InChI=1S/C77H140O17P2/c1-5-9-13-17-21-25-29-32-35-38-42-45-49-53-57-61-74(79)87-67-72(93-76(81)63-59-55-51-47-41-28-24-20-16-12-8-4)69-91-95(83,84)89-65-71(78)66-90-96(85,86)92-70-73(94-77(82)64-60-56-52-48-44-40-37-34-31-27-23-19-15-11-7-3)68-88-75(80)62-58-54-50-46-43-39-36-33-30-26-22-18-14-10-6-2/h10,14,22,26,33,36,43,46,54,58,71-73,78H,5-9,11-13,15-21,23-25,27-32,34-35,37-42,44-45,47-53,55-57,59-70H2,1-4H3,(H,83,84)(H,85,86)/b14-10-,26-22-,36-33-,46-43-,58-54-. The van der Waals surface area contributed by atoms with Crippen molar-refractivity contribution in [1.82, 2.24) is 0 Å². The van der Waals surface area contributed by atoms with Crippen molar-refractivity contribution in [3.8, 4) is 0 Å². The molecule has 19 heteroatoms. The van der Waals surface area contributed by atoms with Crippen LogP contribution in [0.2, 0.25) is 0 Å². The van der Waals surface area contributed by atoms with Gasteiger partial charge in [0.15, 0.2) is 12.2 Å². The minimum absolute atomic E-state index is 0.0653. The van der Waals surface area contributed by atoms with Crippen LogP contribution in [0.4, 0.5) is 0 Å². The summed E-state index contributed by atoms with van der Waals surface area (Å²) in [7, 11) is -9.95. The molecule has 0 aliphatic carbocycles. The number of ether oxygens (including phenoxy) is 4. The van der Waals surface area contributed by atoms with Gasteiger partial charge in [0.25, 0.3) is 0 Å². The van der Waals surface area contributed by atoms with Gasteiger partial charge in [-0.15, -0.1) is 0 Å². The van der Waals surface area contributed by atoms with E-state index in [1.165, 1.54) is 173 Å². The third kappa shape index (κ3) is 69.2. The molecule has 560 valence electrons. The molecule has 17 nitrogen and oxygen atoms in total. The molecule has 5 atom stereocenters. The van der Waals surface area contributed by atoms with Crippen molar-refractivity contribution in [3.05, 3.63) is 60.8 Å². The Morgan fingerprint density at radius 3 is 0.833 bits per heavy atom. The summed E-state index contributed by atoms with van der Waals surface area (Å²) in [5.41, 5.74) is 0. The van der Waals surface area contributed by atoms with Crippen LogP contribution in [0.25, 0.3) is 0 Å². The first kappa shape index (κ1) is 92.8. The van der Waals surface area contributed by atoms with Crippen LogP contribution in [-0.4, -0.2) is 96.7 Å². The number of hydrogen-bond donors (Lipinski definition) is 3. The number of aliphatic hydroxyl groups excluding tert-OH is 1. The summed E-state index contributed by atoms with van der Waals surface area (Å²) >= 11 is 0. The number of phosphoric acid groups is 2. The van der Waals surface area contributed by atoms with Gasteiger partial charge in [-0.3, -0.25) is 37.3 Å². The highest BCUT2D eigenvalue weighted by Gasteiger charge is 2.30. The number of esters is 4. The molecule has 0 rings (SSSR count). The Labute approximate surface area is 584 Å². The smallest absolute Gasteiger partial charge is 0.462 e. The van der Waals surface area contributed by atoms with Crippen LogP contribution in [0, 0.1) is 0 Å². The second-order valence-electron chi connectivity index (χ2n) is 26.0. The summed E-state index contributed by atoms with van der Waals surface area (Å²) in [5.74, 6) is -2.29. The topological polar surface area (TPSA) is 237 Å². The SMILES string of the molecule is CC/C=C\C/C=C\C/C=C\C/C=C\C/C=C\CC(=O)OCC(COP(=O)(O)OCC(O)COP(=O)(O)OCC(COC(=O)CCCCCCCCCCCCCCCCC)OC(=O)CCCCCCCCCCCCC)OC(=O)CCCCCCCCCCCCCCCCC. The molecular formula is C77H140O17P2. The van der Waals surface area contributed by atoms with E-state index in [9.17, 15) is 43.2 Å². The van der Waals surface area contributed by atoms with E-state index in [-0.39, 0.29) is 25.7 Å². The Hall–Kier alpha value is -3.24. The Morgan fingerprint density at radius 2 is 0.542 bits per heavy atom. The molecular weight excluding hydrogens is 1260 g/mol. The fourth-order valence-electron chi connectivity index (χ4n) is 10.7. The molecule has 0 aromatic heterocycles. The molecule has 0 radical (unpaired) electrons. The van der Waals surface area contributed by atoms with E-state index in [1.54, 1.807) is 6.08 Å². The number of hydrogen-bond acceptors (Lipinski definition) is 15. The van der Waals surface area contributed by atoms with E-state index >= 15 is 0 Å². The van der Waals surface area contributed by atoms with Gasteiger partial charge in [-0.05, 0) is 51.4 Å². The van der Waals surface area contributed by atoms with Crippen LogP contribution in [0.5, 0.6) is 0 Å². The summed E-state index contributed by atoms with van der Waals surface area (Å²) in [6.07, 6.45) is 68.1. The molecule has 0 aromatic carbocycles. The monoisotopic (exact) mass is 1400 g/mol. The van der Waals surface area contributed by atoms with Gasteiger partial charge in [-0.1, -0.05) is 332 Å². The van der Waals surface area contributed by atoms with Crippen LogP contribution in [-0.2, 0) is 65.4 Å². The lowest BCUT2D eigenvalue weighted by atomic mass is 10.0. The highest BCUT2D eigenvalue weighted by Crippen LogP contribution is 2.45. The molecule has 0 amide bonds. The molecule has 0 bridgehead atoms. The maximum absolute atomic E-state index is 13.1. The summed E-state index contributed by atoms with van der Waals surface area (Å²) < 4.78 is 68.3. The summed E-state index contributed by atoms with van der Waals surface area (Å²) in [4.78, 5) is 72.7. The average molecular weight is 1400 g/mol. The van der Waals surface area contributed by atoms with Crippen molar-refractivity contribution >= 4 is 39.5 Å². The molecule has 0 aromatic rings. The molecule has 0 aliphatic heterocycles. The Morgan fingerprint density at radius 1 is 0.302 bits per heavy atom. The first-order chi connectivity index (χ1) is 46.7. The fourth-order valence-corrected chi connectivity index (χ4v) is 12.3. The Kier molecular flexibility index (Phi) is 67.8. The second kappa shape index (κ2) is 70.2. The minimum Gasteiger partial charge on any atom is -0.462 e. The Bertz CT molecular complexity index is 2060. The molecule has 0 spiro atoms. The zero-order valence-corrected chi connectivity index (χ0v) is 62.8. The fraction of sp³-hybridized carbons (Fsp3) is 0.818. The van der Waals surface area contributed by atoms with E-state index in [0.29, 0.717) is 25.7 Å². The molecule has 3 N–H and O–H groups in total. The molecule has 0 saturated carbocycles. The van der Waals surface area contributed by atoms with Crippen molar-refractivity contribution in [1.29, 1.82) is 0 Å². The van der Waals surface area contributed by atoms with Crippen molar-refractivity contribution in [2.75, 3.05) is 39.6 Å². The molecule has 0 heterocycles. The molecule has 0 fully saturated rings. The van der Waals surface area contributed by atoms with Gasteiger partial charge in [0, 0.05) is 19.3 Å². The lowest BCUT2D eigenvalue weighted by molar-refractivity contribution is -0.161. The lowest BCUT2D eigenvalue weighted by Crippen LogP contribution is -2.30. The van der Waals surface area contributed by atoms with Gasteiger partial charge in [0.1, 0.15) is 19.3 Å². The summed E-state index contributed by atoms with van der Waals surface area (Å²) in [5, 5.41) is 10.6. The van der Waals surface area contributed by atoms with Gasteiger partial charge in [-0.2, -0.15) is 0 Å². The van der Waals surface area contributed by atoms with Crippen molar-refractivity contribution in [2.24, 2.45) is 0 Å². The zero-order chi connectivity index (χ0) is 70.4. The number of carbonyl (C=O) groups is 4. The van der Waals surface area contributed by atoms with Gasteiger partial charge in [-0.25, -0.2) is 9.13 Å². The number of aliphatic hydroxyl groups is 1. The van der Waals surface area contributed by atoms with Gasteiger partial charge in [0.05, 0.1) is 32.8 Å². The largest absolute Gasteiger partial charge is 0.472 e. The normalized spacial score (nSPS) is 14.3. The molecule has 0 saturated heterocycles. The van der Waals surface area contributed by atoms with Gasteiger partial charge in [0.2, 0.25) is 0 Å². The van der Waals surface area contributed by atoms with Gasteiger partial charge >= 0.3 is 39.5 Å². The van der Waals surface area contributed by atoms with Crippen molar-refractivity contribution in [2.45, 2.75) is 367 Å². The summed E-state index contributed by atoms with van der Waals surface area (Å²) in [6.45, 7) is 4.71. The predicted octanol–water partition coefficient (Wildman–Crippen LogP) is 21.9. The highest BCUT2D eigenvalue weighted by molar-refractivity contribution is 7.47. The second-order valence-corrected chi connectivity index (χ2v) is 28.9. The molecule has 0 aliphatic rings. The van der Waals surface area contributed by atoms with Crippen molar-refractivity contribution in [3.63, 3.8) is 0 Å². The van der Waals surface area contributed by atoms with Crippen LogP contribution in [0.3, 0.4) is 0 Å². The summed E-state index contributed by atoms with van der Waals surface area (Å²) in [6, 6.07) is 0. The molecule has 5 unspecified atom stereocenters. The maximum Gasteiger partial charge on any atom is 0.472 e. The number of rotatable bonds is 73. The van der Waals surface area contributed by atoms with Crippen LogP contribution in [0.1, 0.15) is 349 Å². The molecule has 96 heavy (non-hydrogen) atoms. The number of phosphoric ester groups is 2. The van der Waals surface area contributed by atoms with Crippen LogP contribution in [0.15, 0.2) is 60.8 Å². The van der Waals surface area contributed by atoms with Gasteiger partial charge < -0.3 is 33.8 Å². The predicted molar refractivity (Wildman–Crippen MR) is 390 cm³/mol.